The average Bonchev–Trinajstić information content (AvgIpc) is 1.19. The monoisotopic (exact) mass is 1250 g/mol. The first kappa shape index (κ1) is 57.5. The van der Waals surface area contributed by atoms with Crippen molar-refractivity contribution in [2.45, 2.75) is 151 Å². The fourth-order valence-electron chi connectivity index (χ4n) is 21.6. The van der Waals surface area contributed by atoms with Gasteiger partial charge in [-0.05, 0) is 236 Å². The molecule has 3 aliphatic carbocycles. The van der Waals surface area contributed by atoms with Gasteiger partial charge < -0.3 is 14.7 Å². The fraction of sp³-hybridized carbons (Fsp3) is 0.255. The third-order valence-electron chi connectivity index (χ3n) is 27.3. The molecule has 3 heterocycles. The summed E-state index contributed by atoms with van der Waals surface area (Å²) < 4.78 is 0. The lowest BCUT2D eigenvalue weighted by Gasteiger charge is -2.50. The largest absolute Gasteiger partial charge is 0.334 e. The molecular formula is C94H83N3. The highest BCUT2D eigenvalue weighted by Gasteiger charge is 2.61. The zero-order valence-corrected chi connectivity index (χ0v) is 57.0. The molecule has 3 aliphatic heterocycles. The van der Waals surface area contributed by atoms with Crippen LogP contribution >= 0.6 is 0 Å². The molecular weight excluding hydrogens is 1170 g/mol. The van der Waals surface area contributed by atoms with Crippen molar-refractivity contribution in [1.82, 2.24) is 0 Å². The molecule has 0 radical (unpaired) electrons. The first-order valence-corrected chi connectivity index (χ1v) is 36.4. The Hall–Kier alpha value is -9.70. The molecule has 6 aliphatic rings. The van der Waals surface area contributed by atoms with E-state index in [0.29, 0.717) is 0 Å². The van der Waals surface area contributed by atoms with Crippen molar-refractivity contribution >= 4 is 98.8 Å². The Morgan fingerprint density at radius 3 is 0.856 bits per heavy atom. The first-order valence-electron chi connectivity index (χ1n) is 36.4. The van der Waals surface area contributed by atoms with E-state index in [1.807, 2.05) is 0 Å². The number of rotatable bonds is 7. The van der Waals surface area contributed by atoms with Gasteiger partial charge in [-0.2, -0.15) is 0 Å². The second-order valence-corrected chi connectivity index (χ2v) is 31.5. The Kier molecular flexibility index (Phi) is 12.1. The van der Waals surface area contributed by atoms with Gasteiger partial charge in [0.1, 0.15) is 0 Å². The van der Waals surface area contributed by atoms with E-state index in [-0.39, 0.29) is 32.9 Å². The van der Waals surface area contributed by atoms with Crippen LogP contribution in [-0.2, 0) is 16.2 Å². The molecule has 6 unspecified atom stereocenters. The quantitative estimate of drug-likeness (QED) is 0.147. The summed E-state index contributed by atoms with van der Waals surface area (Å²) >= 11 is 0. The predicted octanol–water partition coefficient (Wildman–Crippen LogP) is 25.9. The number of anilines is 6. The van der Waals surface area contributed by atoms with Crippen LogP contribution in [-0.4, -0.2) is 16.6 Å². The maximum Gasteiger partial charge on any atom is 0.0518 e. The Balaban J connectivity index is 0.851. The summed E-state index contributed by atoms with van der Waals surface area (Å²) in [6, 6.07) is 97.6. The molecule has 0 bridgehead atoms. The SMILES string of the molecule is CC12CCCCC1(C)N(c1cccc3ccccc13)c1ccc(-c3cc(-c4ccccc4)c4ccc5c(-c6ccc7c(c6)C6(C)CCCCC6(C)N7c6cccc7ccccc67)cc(-c6ccc7c(c6)C6(C)CCCCC6(C)N7c6cccc7ccccc67)c6ccc3c4c56)cc12. The number of nitrogens with zero attached hydrogens (tertiary/aromatic N) is 3. The van der Waals surface area contributed by atoms with Gasteiger partial charge in [-0.1, -0.05) is 241 Å². The van der Waals surface area contributed by atoms with Gasteiger partial charge in [0.05, 0.1) is 16.6 Å². The van der Waals surface area contributed by atoms with Crippen LogP contribution in [0.25, 0.3) is 109 Å². The summed E-state index contributed by atoms with van der Waals surface area (Å²) in [5.41, 5.74) is 22.3. The molecule has 0 spiro atoms. The van der Waals surface area contributed by atoms with E-state index in [0.717, 1.165) is 38.5 Å². The Bertz CT molecular complexity index is 5440. The first-order chi connectivity index (χ1) is 47.3. The third-order valence-corrected chi connectivity index (χ3v) is 27.3. The van der Waals surface area contributed by atoms with Gasteiger partial charge in [-0.15, -0.1) is 0 Å². The van der Waals surface area contributed by atoms with E-state index in [1.54, 1.807) is 0 Å². The van der Waals surface area contributed by atoms with E-state index in [4.69, 9.17) is 0 Å². The molecule has 0 saturated heterocycles. The Morgan fingerprint density at radius 1 is 0.227 bits per heavy atom. The molecule has 3 fully saturated rings. The summed E-state index contributed by atoms with van der Waals surface area (Å²) in [6.45, 7) is 15.6. The Morgan fingerprint density at radius 2 is 0.515 bits per heavy atom. The van der Waals surface area contributed by atoms with Crippen LogP contribution in [0.1, 0.15) is 135 Å². The lowest BCUT2D eigenvalue weighted by atomic mass is 9.61. The molecule has 6 atom stereocenters. The summed E-state index contributed by atoms with van der Waals surface area (Å²) in [6.07, 6.45) is 14.3. The van der Waals surface area contributed by atoms with E-state index < -0.39 is 0 Å². The zero-order chi connectivity index (χ0) is 65.0. The normalized spacial score (nSPS) is 24.9. The summed E-state index contributed by atoms with van der Waals surface area (Å²) in [5, 5.41) is 15.8. The maximum atomic E-state index is 2.79. The highest BCUT2D eigenvalue weighted by atomic mass is 15.3. The van der Waals surface area contributed by atoms with Gasteiger partial charge in [-0.25, -0.2) is 0 Å². The van der Waals surface area contributed by atoms with Crippen molar-refractivity contribution in [3.05, 3.63) is 265 Å². The minimum absolute atomic E-state index is 0.0643. The molecule has 3 saturated carbocycles. The van der Waals surface area contributed by atoms with E-state index >= 15 is 0 Å². The summed E-state index contributed by atoms with van der Waals surface area (Å²) in [7, 11) is 0. The molecule has 474 valence electrons. The van der Waals surface area contributed by atoms with Crippen molar-refractivity contribution in [2.75, 3.05) is 14.7 Å². The van der Waals surface area contributed by atoms with Crippen LogP contribution in [0, 0.1) is 0 Å². The highest BCUT2D eigenvalue weighted by Crippen LogP contribution is 2.66. The van der Waals surface area contributed by atoms with Gasteiger partial charge >= 0.3 is 0 Å². The van der Waals surface area contributed by atoms with Gasteiger partial charge in [0.25, 0.3) is 0 Å². The highest BCUT2D eigenvalue weighted by molar-refractivity contribution is 6.32. The molecule has 3 nitrogen and oxygen atoms in total. The van der Waals surface area contributed by atoms with E-state index in [1.165, 1.54) is 198 Å². The van der Waals surface area contributed by atoms with Crippen LogP contribution in [0.15, 0.2) is 249 Å². The molecule has 14 aromatic rings. The smallest absolute Gasteiger partial charge is 0.0518 e. The van der Waals surface area contributed by atoms with Crippen LogP contribution in [0.4, 0.5) is 34.1 Å². The van der Waals surface area contributed by atoms with Crippen molar-refractivity contribution < 1.29 is 0 Å². The van der Waals surface area contributed by atoms with E-state index in [9.17, 15) is 0 Å². The summed E-state index contributed by atoms with van der Waals surface area (Å²) in [5.74, 6) is 0. The molecule has 3 heteroatoms. The van der Waals surface area contributed by atoms with Gasteiger partial charge in [0.2, 0.25) is 0 Å². The van der Waals surface area contributed by atoms with Crippen molar-refractivity contribution in [3.8, 4) is 44.5 Å². The second-order valence-electron chi connectivity index (χ2n) is 31.5. The molecule has 0 N–H and O–H groups in total. The van der Waals surface area contributed by atoms with Crippen LogP contribution < -0.4 is 14.7 Å². The van der Waals surface area contributed by atoms with E-state index in [2.05, 4.69) is 305 Å². The zero-order valence-electron chi connectivity index (χ0n) is 57.0. The van der Waals surface area contributed by atoms with Gasteiger partial charge in [0, 0.05) is 66.5 Å². The molecule has 20 rings (SSSR count). The molecule has 97 heavy (non-hydrogen) atoms. The van der Waals surface area contributed by atoms with Crippen LogP contribution in [0.5, 0.6) is 0 Å². The number of hydrogen-bond acceptors (Lipinski definition) is 3. The fourth-order valence-corrected chi connectivity index (χ4v) is 21.6. The van der Waals surface area contributed by atoms with Gasteiger partial charge in [-0.3, -0.25) is 0 Å². The number of fused-ring (bicyclic) bond motifs is 12. The lowest BCUT2D eigenvalue weighted by Crippen LogP contribution is -2.54. The third kappa shape index (κ3) is 7.59. The van der Waals surface area contributed by atoms with Crippen molar-refractivity contribution in [3.63, 3.8) is 0 Å². The standard InChI is InChI=1S/C94H83N3/c1-89-49-16-19-52-92(89,4)95(81-36-22-30-60-27-10-13-33-67(60)81)84-46-39-64(55-78(84)89)75-58-74(63-25-8-7-9-26-63)70-42-43-72-76(65-40-47-85-79(56-65)90(2)50-17-20-53-93(90,5)96(85)82-37-23-31-61-28-11-14-34-68(61)82)59-77(73-45-44-71(75)87(70)88(72)73)66-41-48-86-80(57-66)91(3)51-18-21-54-94(91,6)97(86)83-38-24-32-62-29-12-15-35-69(62)83/h7-15,22-48,55-59H,16-21,49-54H2,1-6H3. The molecule has 0 aromatic heterocycles. The second kappa shape index (κ2) is 20.4. The number of hydrogen-bond donors (Lipinski definition) is 0. The summed E-state index contributed by atoms with van der Waals surface area (Å²) in [4.78, 5) is 8.36. The van der Waals surface area contributed by atoms with Crippen molar-refractivity contribution in [1.29, 1.82) is 0 Å². The van der Waals surface area contributed by atoms with Gasteiger partial charge in [0.15, 0.2) is 0 Å². The minimum atomic E-state index is -0.110. The molecule has 0 amide bonds. The maximum absolute atomic E-state index is 2.79. The Labute approximate surface area is 571 Å². The topological polar surface area (TPSA) is 9.72 Å². The molecule has 14 aromatic carbocycles. The van der Waals surface area contributed by atoms with Crippen LogP contribution in [0.3, 0.4) is 0 Å². The minimum Gasteiger partial charge on any atom is -0.334 e. The van der Waals surface area contributed by atoms with Crippen molar-refractivity contribution in [2.24, 2.45) is 0 Å². The average molecular weight is 1250 g/mol. The number of benzene rings is 14. The van der Waals surface area contributed by atoms with Crippen LogP contribution in [0.2, 0.25) is 0 Å². The predicted molar refractivity (Wildman–Crippen MR) is 413 cm³/mol. The lowest BCUT2D eigenvalue weighted by molar-refractivity contribution is 0.195.